The van der Waals surface area contributed by atoms with Gasteiger partial charge in [-0.1, -0.05) is 0 Å². The SMILES string of the molecule is COc1ccc2c(C)c(CCC(=O)OC(C)C(=O)N3CCOCC3)c(=O)oc2c1. The topological polar surface area (TPSA) is 95.3 Å². The van der Waals surface area contributed by atoms with Crippen molar-refractivity contribution in [2.45, 2.75) is 32.8 Å². The minimum Gasteiger partial charge on any atom is -0.497 e. The molecule has 0 spiro atoms. The van der Waals surface area contributed by atoms with Crippen molar-refractivity contribution in [3.8, 4) is 5.75 Å². The van der Waals surface area contributed by atoms with Gasteiger partial charge in [-0.3, -0.25) is 9.59 Å². The zero-order valence-corrected chi connectivity index (χ0v) is 16.9. The summed E-state index contributed by atoms with van der Waals surface area (Å²) in [5.74, 6) is -0.181. The molecular formula is C21H25NO7. The average Bonchev–Trinajstić information content (AvgIpc) is 2.73. The van der Waals surface area contributed by atoms with Gasteiger partial charge < -0.3 is 23.5 Å². The molecule has 0 radical (unpaired) electrons. The van der Waals surface area contributed by atoms with Crippen molar-refractivity contribution in [2.24, 2.45) is 0 Å². The second-order valence-electron chi connectivity index (χ2n) is 6.92. The molecule has 0 bridgehead atoms. The van der Waals surface area contributed by atoms with Gasteiger partial charge in [0.2, 0.25) is 0 Å². The molecule has 8 heteroatoms. The number of hydrogen-bond donors (Lipinski definition) is 0. The summed E-state index contributed by atoms with van der Waals surface area (Å²) >= 11 is 0. The fourth-order valence-electron chi connectivity index (χ4n) is 3.36. The van der Waals surface area contributed by atoms with Crippen LogP contribution in [0.1, 0.15) is 24.5 Å². The Hall–Kier alpha value is -2.87. The van der Waals surface area contributed by atoms with Crippen molar-refractivity contribution in [2.75, 3.05) is 33.4 Å². The quantitative estimate of drug-likeness (QED) is 0.536. The van der Waals surface area contributed by atoms with Crippen LogP contribution in [-0.2, 0) is 25.5 Å². The molecule has 1 amide bonds. The molecule has 1 unspecified atom stereocenters. The lowest BCUT2D eigenvalue weighted by Crippen LogP contribution is -2.46. The predicted molar refractivity (Wildman–Crippen MR) is 105 cm³/mol. The number of nitrogens with zero attached hydrogens (tertiary/aromatic N) is 1. The van der Waals surface area contributed by atoms with Crippen LogP contribution in [-0.4, -0.2) is 56.3 Å². The third-order valence-corrected chi connectivity index (χ3v) is 5.05. The number of carbonyl (C=O) groups is 2. The average molecular weight is 403 g/mol. The number of ether oxygens (including phenoxy) is 3. The van der Waals surface area contributed by atoms with Gasteiger partial charge in [-0.05, 0) is 38.0 Å². The molecule has 156 valence electrons. The Balaban J connectivity index is 1.64. The maximum absolute atomic E-state index is 12.4. The first-order valence-electron chi connectivity index (χ1n) is 9.57. The van der Waals surface area contributed by atoms with Gasteiger partial charge in [-0.25, -0.2) is 4.79 Å². The molecule has 1 aliphatic rings. The summed E-state index contributed by atoms with van der Waals surface area (Å²) in [5, 5.41) is 0.782. The van der Waals surface area contributed by atoms with Crippen LogP contribution in [0.5, 0.6) is 5.75 Å². The van der Waals surface area contributed by atoms with E-state index >= 15 is 0 Å². The lowest BCUT2D eigenvalue weighted by Gasteiger charge is -2.28. The van der Waals surface area contributed by atoms with E-state index in [-0.39, 0.29) is 18.7 Å². The monoisotopic (exact) mass is 403 g/mol. The van der Waals surface area contributed by atoms with Crippen molar-refractivity contribution in [3.63, 3.8) is 0 Å². The maximum atomic E-state index is 12.4. The number of esters is 1. The smallest absolute Gasteiger partial charge is 0.339 e. The first kappa shape index (κ1) is 20.9. The van der Waals surface area contributed by atoms with Gasteiger partial charge in [-0.2, -0.15) is 0 Å². The van der Waals surface area contributed by atoms with E-state index in [1.165, 1.54) is 7.11 Å². The lowest BCUT2D eigenvalue weighted by atomic mass is 10.0. The molecule has 8 nitrogen and oxygen atoms in total. The van der Waals surface area contributed by atoms with E-state index in [2.05, 4.69) is 0 Å². The molecule has 0 N–H and O–H groups in total. The Bertz CT molecular complexity index is 959. The van der Waals surface area contributed by atoms with Crippen molar-refractivity contribution in [3.05, 3.63) is 39.7 Å². The highest BCUT2D eigenvalue weighted by molar-refractivity contribution is 5.84. The van der Waals surface area contributed by atoms with Crippen LogP contribution in [0.4, 0.5) is 0 Å². The number of morpholine rings is 1. The zero-order chi connectivity index (χ0) is 21.0. The summed E-state index contributed by atoms with van der Waals surface area (Å²) in [4.78, 5) is 38.5. The molecule has 0 aliphatic carbocycles. The molecular weight excluding hydrogens is 378 g/mol. The summed E-state index contributed by atoms with van der Waals surface area (Å²) in [6.07, 6.45) is -0.719. The highest BCUT2D eigenvalue weighted by Gasteiger charge is 2.25. The highest BCUT2D eigenvalue weighted by atomic mass is 16.5. The number of fused-ring (bicyclic) bond motifs is 1. The molecule has 1 atom stereocenters. The Morgan fingerprint density at radius 2 is 1.97 bits per heavy atom. The summed E-state index contributed by atoms with van der Waals surface area (Å²) < 4.78 is 21.0. The van der Waals surface area contributed by atoms with Crippen LogP contribution < -0.4 is 10.4 Å². The number of amides is 1. The van der Waals surface area contributed by atoms with E-state index in [1.807, 2.05) is 13.0 Å². The molecule has 29 heavy (non-hydrogen) atoms. The van der Waals surface area contributed by atoms with Crippen LogP contribution >= 0.6 is 0 Å². The standard InChI is InChI=1S/C21H25NO7/c1-13-16-5-4-15(26-3)12-18(16)29-21(25)17(13)6-7-19(23)28-14(2)20(24)22-8-10-27-11-9-22/h4-5,12,14H,6-11H2,1-3H3. The number of methoxy groups -OCH3 is 1. The minimum absolute atomic E-state index is 0.0198. The minimum atomic E-state index is -0.873. The molecule has 1 aliphatic heterocycles. The van der Waals surface area contributed by atoms with Gasteiger partial charge in [0.25, 0.3) is 5.91 Å². The Labute approximate surface area is 168 Å². The lowest BCUT2D eigenvalue weighted by molar-refractivity contribution is -0.160. The fourth-order valence-corrected chi connectivity index (χ4v) is 3.36. The molecule has 1 saturated heterocycles. The fraction of sp³-hybridized carbons (Fsp3) is 0.476. The van der Waals surface area contributed by atoms with E-state index in [4.69, 9.17) is 18.6 Å². The van der Waals surface area contributed by atoms with Crippen LogP contribution in [0, 0.1) is 6.92 Å². The van der Waals surface area contributed by atoms with Gasteiger partial charge >= 0.3 is 11.6 Å². The van der Waals surface area contributed by atoms with Gasteiger partial charge in [0, 0.05) is 36.5 Å². The second-order valence-corrected chi connectivity index (χ2v) is 6.92. The van der Waals surface area contributed by atoms with Gasteiger partial charge in [0.15, 0.2) is 6.10 Å². The predicted octanol–water partition coefficient (Wildman–Crippen LogP) is 1.83. The first-order valence-corrected chi connectivity index (χ1v) is 9.57. The van der Waals surface area contributed by atoms with Crippen LogP contribution in [0.25, 0.3) is 11.0 Å². The molecule has 0 saturated carbocycles. The van der Waals surface area contributed by atoms with Crippen molar-refractivity contribution in [1.82, 2.24) is 4.90 Å². The number of rotatable bonds is 6. The Morgan fingerprint density at radius 3 is 2.66 bits per heavy atom. The zero-order valence-electron chi connectivity index (χ0n) is 16.9. The summed E-state index contributed by atoms with van der Waals surface area (Å²) in [6, 6.07) is 5.25. The molecule has 2 heterocycles. The van der Waals surface area contributed by atoms with E-state index in [9.17, 15) is 14.4 Å². The number of hydrogen-bond acceptors (Lipinski definition) is 7. The third kappa shape index (κ3) is 4.76. The van der Waals surface area contributed by atoms with Crippen molar-refractivity contribution < 1.29 is 28.2 Å². The summed E-state index contributed by atoms with van der Waals surface area (Å²) in [7, 11) is 1.54. The number of benzene rings is 1. The maximum Gasteiger partial charge on any atom is 0.339 e. The van der Waals surface area contributed by atoms with E-state index < -0.39 is 17.7 Å². The molecule has 3 rings (SSSR count). The largest absolute Gasteiger partial charge is 0.497 e. The molecule has 1 aromatic carbocycles. The van der Waals surface area contributed by atoms with E-state index in [0.29, 0.717) is 43.2 Å². The van der Waals surface area contributed by atoms with Gasteiger partial charge in [-0.15, -0.1) is 0 Å². The molecule has 1 fully saturated rings. The van der Waals surface area contributed by atoms with Gasteiger partial charge in [0.05, 0.1) is 20.3 Å². The van der Waals surface area contributed by atoms with Crippen LogP contribution in [0.2, 0.25) is 0 Å². The normalized spacial score (nSPS) is 15.2. The summed E-state index contributed by atoms with van der Waals surface area (Å²) in [6.45, 7) is 5.31. The molecule has 1 aromatic heterocycles. The number of aryl methyl sites for hydroxylation is 1. The third-order valence-electron chi connectivity index (χ3n) is 5.05. The number of carbonyl (C=O) groups excluding carboxylic acids is 2. The van der Waals surface area contributed by atoms with E-state index in [1.54, 1.807) is 24.0 Å². The Morgan fingerprint density at radius 1 is 1.24 bits per heavy atom. The molecule has 2 aromatic rings. The van der Waals surface area contributed by atoms with Crippen LogP contribution in [0.15, 0.2) is 27.4 Å². The second kappa shape index (κ2) is 9.09. The van der Waals surface area contributed by atoms with Crippen LogP contribution in [0.3, 0.4) is 0 Å². The highest BCUT2D eigenvalue weighted by Crippen LogP contribution is 2.24. The van der Waals surface area contributed by atoms with Crippen molar-refractivity contribution >= 4 is 22.8 Å². The summed E-state index contributed by atoms with van der Waals surface area (Å²) in [5.41, 5.74) is 1.12. The Kier molecular flexibility index (Phi) is 6.53. The first-order chi connectivity index (χ1) is 13.9. The van der Waals surface area contributed by atoms with Crippen molar-refractivity contribution in [1.29, 1.82) is 0 Å². The van der Waals surface area contributed by atoms with E-state index in [0.717, 1.165) is 10.9 Å². The van der Waals surface area contributed by atoms with Gasteiger partial charge in [0.1, 0.15) is 11.3 Å².